The van der Waals surface area contributed by atoms with E-state index in [1.54, 1.807) is 19.0 Å². The van der Waals surface area contributed by atoms with E-state index in [9.17, 15) is 4.79 Å². The van der Waals surface area contributed by atoms with Gasteiger partial charge in [-0.15, -0.1) is 0 Å². The summed E-state index contributed by atoms with van der Waals surface area (Å²) in [5.41, 5.74) is 0. The normalized spacial score (nSPS) is 7.88. The molecule has 0 rings (SSSR count). The van der Waals surface area contributed by atoms with Gasteiger partial charge in [0.05, 0.1) is 0 Å². The molecule has 4 heteroatoms. The number of rotatable bonds is 2. The van der Waals surface area contributed by atoms with Gasteiger partial charge in [-0.1, -0.05) is 0 Å². The van der Waals surface area contributed by atoms with Crippen molar-refractivity contribution in [2.24, 2.45) is 0 Å². The zero-order valence-electron chi connectivity index (χ0n) is 5.15. The van der Waals surface area contributed by atoms with Crippen molar-refractivity contribution >= 4 is 44.6 Å². The van der Waals surface area contributed by atoms with E-state index < -0.39 is 32.3 Å². The van der Waals surface area contributed by atoms with Crippen LogP contribution in [-0.4, -0.2) is 57.2 Å². The van der Waals surface area contributed by atoms with Gasteiger partial charge in [-0.05, 0) is 0 Å². The molecule has 0 spiro atoms. The molecule has 2 nitrogen and oxygen atoms in total. The quantitative estimate of drug-likeness (QED) is 0.536. The van der Waals surface area contributed by atoms with Gasteiger partial charge < -0.3 is 0 Å². The van der Waals surface area contributed by atoms with Gasteiger partial charge in [-0.3, -0.25) is 0 Å². The number of hydrogen-bond acceptors (Lipinski definition) is 1. The zero-order chi connectivity index (χ0) is 6.57. The molecule has 0 aliphatic carbocycles. The van der Waals surface area contributed by atoms with Crippen molar-refractivity contribution in [1.82, 2.24) is 4.90 Å². The summed E-state index contributed by atoms with van der Waals surface area (Å²) in [6, 6.07) is 0. The fourth-order valence-corrected chi connectivity index (χ4v) is 1.92. The van der Waals surface area contributed by atoms with Crippen molar-refractivity contribution in [2.45, 2.75) is 2.52 Å². The summed E-state index contributed by atoms with van der Waals surface area (Å²) in [5, 5.41) is 0. The Bertz CT molecular complexity index is 86.1. The molecule has 0 heterocycles. The van der Waals surface area contributed by atoms with Gasteiger partial charge in [-0.2, -0.15) is 0 Å². The fraction of sp³-hybridized carbons (Fsp3) is 0.750. The molecule has 0 aromatic heterocycles. The molecule has 0 N–H and O–H groups in total. The molecular weight excluding hydrogens is 154 g/mol. The number of halogens is 1. The van der Waals surface area contributed by atoms with E-state index in [1.165, 1.54) is 0 Å². The molecule has 0 bridgehead atoms. The molecule has 0 atom stereocenters. The third kappa shape index (κ3) is 3.96. The summed E-state index contributed by atoms with van der Waals surface area (Å²) in [7, 11) is 3.49. The van der Waals surface area contributed by atoms with Crippen LogP contribution in [0.4, 0.5) is 0 Å². The van der Waals surface area contributed by atoms with Gasteiger partial charge in [0, 0.05) is 0 Å². The van der Waals surface area contributed by atoms with E-state index in [2.05, 4.69) is 0 Å². The van der Waals surface area contributed by atoms with Crippen molar-refractivity contribution in [3.8, 4) is 0 Å². The van der Waals surface area contributed by atoms with Crippen LogP contribution < -0.4 is 0 Å². The standard InChI is InChI=1S/C4H8NO.Ca.ClH/c1-4(6)5(2)3;;/h1H2,2-3H3;;1H/q;+1;/p-1. The second-order valence-electron chi connectivity index (χ2n) is 1.73. The molecule has 44 valence electrons. The Morgan fingerprint density at radius 2 is 2.25 bits per heavy atom. The monoisotopic (exact) mass is 161 g/mol. The van der Waals surface area contributed by atoms with E-state index in [1.807, 2.05) is 0 Å². The van der Waals surface area contributed by atoms with Crippen molar-refractivity contribution in [3.05, 3.63) is 0 Å². The zero-order valence-corrected chi connectivity index (χ0v) is 8.11. The summed E-state index contributed by atoms with van der Waals surface area (Å²) < 4.78 is 0.627. The number of carbonyl (C=O) groups excluding carboxylic acids is 1. The number of amides is 1. The predicted octanol–water partition coefficient (Wildman–Crippen LogP) is 0.351. The average molecular weight is 162 g/mol. The summed E-state index contributed by atoms with van der Waals surface area (Å²) >= 11 is -0.948. The summed E-state index contributed by atoms with van der Waals surface area (Å²) in [5.74, 6) is 0.167. The minimum atomic E-state index is -0.948. The predicted molar refractivity (Wildman–Crippen MR) is 35.1 cm³/mol. The van der Waals surface area contributed by atoms with Crippen molar-refractivity contribution in [3.63, 3.8) is 0 Å². The maximum absolute atomic E-state index is 10.6. The first-order chi connectivity index (χ1) is 3.68. The van der Waals surface area contributed by atoms with Crippen LogP contribution >= 0.6 is 6.39 Å². The van der Waals surface area contributed by atoms with E-state index in [4.69, 9.17) is 6.39 Å². The maximum atomic E-state index is 10.6. The van der Waals surface area contributed by atoms with Gasteiger partial charge in [-0.25, -0.2) is 0 Å². The molecule has 0 aromatic rings. The first-order valence-corrected chi connectivity index (χ1v) is 7.04. The third-order valence-corrected chi connectivity index (χ3v) is 2.55. The Morgan fingerprint density at radius 1 is 1.75 bits per heavy atom. The Kier molecular flexibility index (Phi) is 5.48. The fourth-order valence-electron chi connectivity index (χ4n) is 0.304. The first-order valence-electron chi connectivity index (χ1n) is 2.44. The summed E-state index contributed by atoms with van der Waals surface area (Å²) in [6.45, 7) is 0. The van der Waals surface area contributed by atoms with Crippen LogP contribution in [0.1, 0.15) is 0 Å². The molecule has 0 saturated carbocycles. The second-order valence-corrected chi connectivity index (χ2v) is 4.66. The average Bonchev–Trinajstić information content (AvgIpc) is 1.67. The summed E-state index contributed by atoms with van der Waals surface area (Å²) in [4.78, 5) is 12.2. The molecule has 0 saturated heterocycles. The Morgan fingerprint density at radius 3 is 2.38 bits per heavy atom. The molecule has 1 amide bonds. The Hall–Kier alpha value is 1.02. The van der Waals surface area contributed by atoms with Gasteiger partial charge >= 0.3 is 70.9 Å². The van der Waals surface area contributed by atoms with Gasteiger partial charge in [0.2, 0.25) is 0 Å². The van der Waals surface area contributed by atoms with Crippen LogP contribution in [0.25, 0.3) is 0 Å². The van der Waals surface area contributed by atoms with E-state index >= 15 is 0 Å². The first kappa shape index (κ1) is 9.02. The van der Waals surface area contributed by atoms with Gasteiger partial charge in [0.25, 0.3) is 0 Å². The van der Waals surface area contributed by atoms with Crippen LogP contribution in [0.2, 0.25) is 2.52 Å². The van der Waals surface area contributed by atoms with Gasteiger partial charge in [0.15, 0.2) is 0 Å². The Balaban J connectivity index is 3.33. The third-order valence-electron chi connectivity index (χ3n) is 0.807. The molecule has 0 fully saturated rings. The number of nitrogens with zero attached hydrogens (tertiary/aromatic N) is 1. The molecule has 0 unspecified atom stereocenters. The summed E-state index contributed by atoms with van der Waals surface area (Å²) in [6.07, 6.45) is 5.48. The van der Waals surface area contributed by atoms with E-state index in [-0.39, 0.29) is 5.91 Å². The Labute approximate surface area is 70.2 Å². The second kappa shape index (κ2) is 4.86. The van der Waals surface area contributed by atoms with Crippen LogP contribution in [-0.2, 0) is 4.79 Å². The molecular formula is C4H8CaClNO. The van der Waals surface area contributed by atoms with E-state index in [0.717, 1.165) is 0 Å². The van der Waals surface area contributed by atoms with Gasteiger partial charge in [0.1, 0.15) is 0 Å². The topological polar surface area (TPSA) is 20.3 Å². The molecule has 0 aliphatic heterocycles. The molecule has 0 aromatic carbocycles. The van der Waals surface area contributed by atoms with Crippen molar-refractivity contribution < 1.29 is 4.79 Å². The molecule has 0 radical (unpaired) electrons. The number of carbonyl (C=O) groups is 1. The minimum absolute atomic E-state index is 0.167. The molecule has 0 aliphatic rings. The number of hydrogen-bond donors (Lipinski definition) is 0. The van der Waals surface area contributed by atoms with Crippen LogP contribution in [0.5, 0.6) is 0 Å². The van der Waals surface area contributed by atoms with Crippen molar-refractivity contribution in [2.75, 3.05) is 14.1 Å². The van der Waals surface area contributed by atoms with Crippen LogP contribution in [0.3, 0.4) is 0 Å². The SMILES string of the molecule is CN(C)C(=O)[CH2][Ca][Cl]. The van der Waals surface area contributed by atoms with Crippen LogP contribution in [0, 0.1) is 0 Å². The van der Waals surface area contributed by atoms with Crippen LogP contribution in [0.15, 0.2) is 0 Å². The van der Waals surface area contributed by atoms with Crippen molar-refractivity contribution in [1.29, 1.82) is 0 Å². The molecule has 8 heavy (non-hydrogen) atoms. The van der Waals surface area contributed by atoms with E-state index in [0.29, 0.717) is 2.52 Å².